The SMILES string of the molecule is COc1ccc(CCC(=O)Oc2cccc(C#N)c2)cc1. The molecule has 0 radical (unpaired) electrons. The topological polar surface area (TPSA) is 59.3 Å². The second-order valence-corrected chi connectivity index (χ2v) is 4.46. The van der Waals surface area contributed by atoms with Gasteiger partial charge in [0.05, 0.1) is 18.7 Å². The van der Waals surface area contributed by atoms with Gasteiger partial charge in [-0.05, 0) is 42.3 Å². The fourth-order valence-corrected chi connectivity index (χ4v) is 1.85. The first-order valence-corrected chi connectivity index (χ1v) is 6.55. The van der Waals surface area contributed by atoms with E-state index in [9.17, 15) is 4.79 Å². The first-order valence-electron chi connectivity index (χ1n) is 6.55. The molecule has 0 bridgehead atoms. The zero-order valence-electron chi connectivity index (χ0n) is 11.7. The molecule has 0 aromatic heterocycles. The van der Waals surface area contributed by atoms with Gasteiger partial charge < -0.3 is 9.47 Å². The molecular weight excluding hydrogens is 266 g/mol. The number of nitriles is 1. The van der Waals surface area contributed by atoms with Crippen molar-refractivity contribution >= 4 is 5.97 Å². The van der Waals surface area contributed by atoms with Gasteiger partial charge in [0.25, 0.3) is 0 Å². The third-order valence-corrected chi connectivity index (χ3v) is 2.97. The number of benzene rings is 2. The second-order valence-electron chi connectivity index (χ2n) is 4.46. The van der Waals surface area contributed by atoms with Gasteiger partial charge in [-0.25, -0.2) is 0 Å². The van der Waals surface area contributed by atoms with Crippen molar-refractivity contribution in [3.05, 3.63) is 59.7 Å². The van der Waals surface area contributed by atoms with Crippen LogP contribution < -0.4 is 9.47 Å². The molecule has 2 aromatic carbocycles. The van der Waals surface area contributed by atoms with E-state index in [2.05, 4.69) is 0 Å². The second kappa shape index (κ2) is 7.11. The molecule has 4 heteroatoms. The predicted molar refractivity (Wildman–Crippen MR) is 78.1 cm³/mol. The van der Waals surface area contributed by atoms with Gasteiger partial charge in [-0.15, -0.1) is 0 Å². The lowest BCUT2D eigenvalue weighted by Gasteiger charge is -2.05. The molecule has 2 rings (SSSR count). The Balaban J connectivity index is 1.88. The van der Waals surface area contributed by atoms with Crippen LogP contribution in [-0.2, 0) is 11.2 Å². The van der Waals surface area contributed by atoms with Crippen LogP contribution in [0.2, 0.25) is 0 Å². The third kappa shape index (κ3) is 4.36. The van der Waals surface area contributed by atoms with Crippen molar-refractivity contribution < 1.29 is 14.3 Å². The average Bonchev–Trinajstić information content (AvgIpc) is 2.53. The highest BCUT2D eigenvalue weighted by atomic mass is 16.5. The number of rotatable bonds is 5. The lowest BCUT2D eigenvalue weighted by Crippen LogP contribution is -2.09. The van der Waals surface area contributed by atoms with Gasteiger partial charge >= 0.3 is 5.97 Å². The van der Waals surface area contributed by atoms with Gasteiger partial charge in [0.15, 0.2) is 0 Å². The minimum atomic E-state index is -0.319. The van der Waals surface area contributed by atoms with E-state index >= 15 is 0 Å². The summed E-state index contributed by atoms with van der Waals surface area (Å²) >= 11 is 0. The van der Waals surface area contributed by atoms with Crippen LogP contribution in [0.3, 0.4) is 0 Å². The maximum absolute atomic E-state index is 11.8. The van der Waals surface area contributed by atoms with Crippen LogP contribution in [0.5, 0.6) is 11.5 Å². The van der Waals surface area contributed by atoms with Crippen LogP contribution in [0, 0.1) is 11.3 Å². The number of carbonyl (C=O) groups excluding carboxylic acids is 1. The summed E-state index contributed by atoms with van der Waals surface area (Å²) in [5.41, 5.74) is 1.51. The Morgan fingerprint density at radius 3 is 2.57 bits per heavy atom. The molecule has 0 saturated carbocycles. The Hall–Kier alpha value is -2.80. The fraction of sp³-hybridized carbons (Fsp3) is 0.176. The van der Waals surface area contributed by atoms with E-state index in [1.807, 2.05) is 30.3 Å². The number of carbonyl (C=O) groups is 1. The van der Waals surface area contributed by atoms with Crippen LogP contribution in [0.4, 0.5) is 0 Å². The predicted octanol–water partition coefficient (Wildman–Crippen LogP) is 3.11. The standard InChI is InChI=1S/C17H15NO3/c1-20-15-8-5-13(6-9-15)7-10-17(19)21-16-4-2-3-14(11-16)12-18/h2-6,8-9,11H,7,10H2,1H3. The number of esters is 1. The molecule has 0 atom stereocenters. The number of hydrogen-bond donors (Lipinski definition) is 0. The maximum Gasteiger partial charge on any atom is 0.311 e. The summed E-state index contributed by atoms with van der Waals surface area (Å²) in [6.45, 7) is 0. The number of methoxy groups -OCH3 is 1. The molecule has 0 fully saturated rings. The minimum absolute atomic E-state index is 0.281. The molecule has 0 aliphatic heterocycles. The summed E-state index contributed by atoms with van der Waals surface area (Å²) in [7, 11) is 1.61. The quantitative estimate of drug-likeness (QED) is 0.624. The monoisotopic (exact) mass is 281 g/mol. The summed E-state index contributed by atoms with van der Waals surface area (Å²) in [4.78, 5) is 11.8. The fourth-order valence-electron chi connectivity index (χ4n) is 1.85. The third-order valence-electron chi connectivity index (χ3n) is 2.97. The van der Waals surface area contributed by atoms with Crippen molar-refractivity contribution in [2.75, 3.05) is 7.11 Å². The van der Waals surface area contributed by atoms with E-state index in [4.69, 9.17) is 14.7 Å². The zero-order valence-corrected chi connectivity index (χ0v) is 11.7. The van der Waals surface area contributed by atoms with Gasteiger partial charge in [-0.3, -0.25) is 4.79 Å². The van der Waals surface area contributed by atoms with E-state index in [-0.39, 0.29) is 12.4 Å². The first kappa shape index (κ1) is 14.6. The molecule has 106 valence electrons. The van der Waals surface area contributed by atoms with Crippen LogP contribution in [0.25, 0.3) is 0 Å². The lowest BCUT2D eigenvalue weighted by atomic mass is 10.1. The molecule has 4 nitrogen and oxygen atoms in total. The Morgan fingerprint density at radius 1 is 1.14 bits per heavy atom. The normalized spacial score (nSPS) is 9.71. The molecule has 0 aliphatic carbocycles. The van der Waals surface area contributed by atoms with Gasteiger partial charge in [-0.2, -0.15) is 5.26 Å². The van der Waals surface area contributed by atoms with Crippen LogP contribution >= 0.6 is 0 Å². The van der Waals surface area contributed by atoms with E-state index in [0.717, 1.165) is 11.3 Å². The van der Waals surface area contributed by atoms with E-state index in [0.29, 0.717) is 17.7 Å². The maximum atomic E-state index is 11.8. The minimum Gasteiger partial charge on any atom is -0.497 e. The highest BCUT2D eigenvalue weighted by Gasteiger charge is 2.06. The molecular formula is C17H15NO3. The number of nitrogens with zero attached hydrogens (tertiary/aromatic N) is 1. The Bertz CT molecular complexity index is 656. The molecule has 0 aliphatic rings. The van der Waals surface area contributed by atoms with Crippen LogP contribution in [0.15, 0.2) is 48.5 Å². The Kier molecular flexibility index (Phi) is 4.94. The number of aryl methyl sites for hydroxylation is 1. The van der Waals surface area contributed by atoms with Gasteiger partial charge in [-0.1, -0.05) is 18.2 Å². The first-order chi connectivity index (χ1) is 10.2. The van der Waals surface area contributed by atoms with E-state index in [1.165, 1.54) is 0 Å². The van der Waals surface area contributed by atoms with Crippen molar-refractivity contribution in [3.63, 3.8) is 0 Å². The van der Waals surface area contributed by atoms with Crippen molar-refractivity contribution in [1.82, 2.24) is 0 Å². The highest BCUT2D eigenvalue weighted by Crippen LogP contribution is 2.15. The molecule has 0 heterocycles. The molecule has 21 heavy (non-hydrogen) atoms. The Labute approximate surface area is 123 Å². The smallest absolute Gasteiger partial charge is 0.311 e. The summed E-state index contributed by atoms with van der Waals surface area (Å²) < 4.78 is 10.3. The van der Waals surface area contributed by atoms with Crippen molar-refractivity contribution in [1.29, 1.82) is 5.26 Å². The largest absolute Gasteiger partial charge is 0.497 e. The molecule has 0 amide bonds. The highest BCUT2D eigenvalue weighted by molar-refractivity contribution is 5.72. The van der Waals surface area contributed by atoms with Crippen LogP contribution in [0.1, 0.15) is 17.5 Å². The lowest BCUT2D eigenvalue weighted by molar-refractivity contribution is -0.134. The van der Waals surface area contributed by atoms with Crippen molar-refractivity contribution in [2.45, 2.75) is 12.8 Å². The van der Waals surface area contributed by atoms with Crippen molar-refractivity contribution in [2.24, 2.45) is 0 Å². The average molecular weight is 281 g/mol. The van der Waals surface area contributed by atoms with E-state index < -0.39 is 0 Å². The van der Waals surface area contributed by atoms with Crippen LogP contribution in [-0.4, -0.2) is 13.1 Å². The summed E-state index contributed by atoms with van der Waals surface area (Å²) in [5.74, 6) is 0.865. The van der Waals surface area contributed by atoms with Gasteiger partial charge in [0, 0.05) is 6.42 Å². The number of ether oxygens (including phenoxy) is 2. The van der Waals surface area contributed by atoms with E-state index in [1.54, 1.807) is 31.4 Å². The summed E-state index contributed by atoms with van der Waals surface area (Å²) in [5, 5.41) is 8.79. The molecule has 0 N–H and O–H groups in total. The van der Waals surface area contributed by atoms with Gasteiger partial charge in [0.2, 0.25) is 0 Å². The summed E-state index contributed by atoms with van der Waals surface area (Å²) in [6, 6.07) is 16.1. The summed E-state index contributed by atoms with van der Waals surface area (Å²) in [6.07, 6.45) is 0.879. The molecule has 2 aromatic rings. The molecule has 0 saturated heterocycles. The van der Waals surface area contributed by atoms with Gasteiger partial charge in [0.1, 0.15) is 11.5 Å². The molecule has 0 spiro atoms. The number of hydrogen-bond acceptors (Lipinski definition) is 4. The van der Waals surface area contributed by atoms with Crippen molar-refractivity contribution in [3.8, 4) is 17.6 Å². The zero-order chi connectivity index (χ0) is 15.1. The molecule has 0 unspecified atom stereocenters. The Morgan fingerprint density at radius 2 is 1.90 bits per heavy atom.